The van der Waals surface area contributed by atoms with Crippen LogP contribution in [0.2, 0.25) is 0 Å². The Hall–Kier alpha value is -2.62. The molecule has 43 heteroatoms. The molecule has 552 valence electrons. The molecule has 0 aromatic carbocycles. The number of nitrogens with one attached hydrogen (secondary N) is 2. The van der Waals surface area contributed by atoms with Gasteiger partial charge in [-0.2, -0.15) is 0 Å². The van der Waals surface area contributed by atoms with Gasteiger partial charge in [-0.15, -0.1) is 0 Å². The number of rotatable bonds is 24. The molecule has 0 radical (unpaired) electrons. The molecule has 8 fully saturated rings. The molecule has 26 N–H and O–H groups in total. The zero-order valence-electron chi connectivity index (χ0n) is 50.4. The molecule has 0 aromatic rings. The second-order valence-electron chi connectivity index (χ2n) is 23.9. The Morgan fingerprint density at radius 3 is 1.00 bits per heavy atom. The van der Waals surface area contributed by atoms with E-state index in [0.29, 0.717) is 0 Å². The van der Waals surface area contributed by atoms with E-state index in [1.807, 2.05) is 0 Å². The van der Waals surface area contributed by atoms with Crippen LogP contribution in [0.4, 0.5) is 0 Å². The summed E-state index contributed by atoms with van der Waals surface area (Å²) in [6.07, 6.45) is -77.9. The lowest BCUT2D eigenvalue weighted by Crippen LogP contribution is -2.70. The van der Waals surface area contributed by atoms with Gasteiger partial charge in [0.2, 0.25) is 11.8 Å². The normalized spacial score (nSPS) is 50.8. The molecule has 8 aliphatic heterocycles. The smallest absolute Gasteiger partial charge is 0.217 e. The van der Waals surface area contributed by atoms with Crippen LogP contribution in [0.5, 0.6) is 0 Å². The third kappa shape index (κ3) is 17.0. The number of amides is 2. The van der Waals surface area contributed by atoms with Gasteiger partial charge in [0.1, 0.15) is 195 Å². The zero-order chi connectivity index (χ0) is 69.9. The van der Waals surface area contributed by atoms with Gasteiger partial charge < -0.3 is 204 Å². The molecule has 8 saturated heterocycles. The van der Waals surface area contributed by atoms with Crippen molar-refractivity contribution in [3.8, 4) is 0 Å². The van der Waals surface area contributed by atoms with Crippen molar-refractivity contribution in [2.45, 2.75) is 259 Å². The number of hydrogen-bond acceptors (Lipinski definition) is 41. The molecule has 8 rings (SSSR count). The van der Waals surface area contributed by atoms with Crippen LogP contribution in [0.3, 0.4) is 0 Å². The maximum absolute atomic E-state index is 12.8. The lowest BCUT2D eigenvalue weighted by molar-refractivity contribution is -0.408. The highest BCUT2D eigenvalue weighted by atomic mass is 16.8. The molecular weight excluding hydrogens is 1310 g/mol. The van der Waals surface area contributed by atoms with Gasteiger partial charge in [0.25, 0.3) is 0 Å². The topological polar surface area (TPSA) is 682 Å². The van der Waals surface area contributed by atoms with E-state index in [-0.39, 0.29) is 0 Å². The number of aliphatic hydroxyl groups excluding tert-OH is 24. The highest BCUT2D eigenvalue weighted by Crippen LogP contribution is 2.39. The molecule has 0 spiro atoms. The van der Waals surface area contributed by atoms with Crippen molar-refractivity contribution in [3.05, 3.63) is 0 Å². The highest BCUT2D eigenvalue weighted by molar-refractivity contribution is 5.73. The van der Waals surface area contributed by atoms with Crippen molar-refractivity contribution >= 4 is 11.8 Å². The maximum Gasteiger partial charge on any atom is 0.217 e. The van der Waals surface area contributed by atoms with Crippen LogP contribution in [-0.4, -0.2) is 433 Å². The third-order valence-electron chi connectivity index (χ3n) is 17.4. The summed E-state index contributed by atoms with van der Waals surface area (Å²) in [6.45, 7) is -6.09. The Balaban J connectivity index is 1.08. The lowest BCUT2D eigenvalue weighted by Gasteiger charge is -2.51. The quantitative estimate of drug-likeness (QED) is 0.0427. The predicted octanol–water partition coefficient (Wildman–Crippen LogP) is -18.2. The summed E-state index contributed by atoms with van der Waals surface area (Å²) < 4.78 is 86.6. The largest absolute Gasteiger partial charge is 0.394 e. The fraction of sp³-hybridized carbons (Fsp3) is 0.962. The monoisotopic (exact) mass is 1400 g/mol. The van der Waals surface area contributed by atoms with E-state index in [1.54, 1.807) is 0 Å². The standard InChI is InChI=1S/C52H88N2O41/c1-11(61)53-21-29(69)40(17(7-59)83-45(21)80)91-46-22(54-12(2)62)30(70)41(18(8-60)88-46)92-50-39(79)42(28(68)20(90-50)10-82-48-37(77)32(72)24(64)14(4-56)85-48)93-51-44(35(75)26(66)15(5-57)86-51)95-52-43(34(74)25(65)16(6-58)87-52)94-49-38(78)33(73)27(67)19(89-49)9-81-47-36(76)31(71)23(63)13(3-55)84-47/h13-52,55-60,63-80H,3-10H2,1-2H3,(H,53,61)(H,54,62)/t13-,14-,15-,16-,17-,18-,19-,20-,21-,22-,23-,24-,25-,26-,27-,28-,29-,30-,31+,32+,33+,34+,35+,36+,37+,38+,39+,40-,41-,42+,43+,44+,45?,46+,47+,48+,49-,50+,51-,52-/m1/s1. The summed E-state index contributed by atoms with van der Waals surface area (Å²) in [5.41, 5.74) is 0. The van der Waals surface area contributed by atoms with E-state index in [9.17, 15) is 132 Å². The second-order valence-corrected chi connectivity index (χ2v) is 23.9. The van der Waals surface area contributed by atoms with Crippen molar-refractivity contribution < 1.29 is 203 Å². The van der Waals surface area contributed by atoms with E-state index in [0.717, 1.165) is 13.8 Å². The predicted molar refractivity (Wildman–Crippen MR) is 288 cm³/mol. The Labute approximate surface area is 536 Å². The molecule has 8 heterocycles. The molecule has 2 amide bonds. The van der Waals surface area contributed by atoms with Gasteiger partial charge in [0.05, 0.1) is 52.9 Å². The Morgan fingerprint density at radius 1 is 0.274 bits per heavy atom. The van der Waals surface area contributed by atoms with Gasteiger partial charge in [0.15, 0.2) is 50.3 Å². The van der Waals surface area contributed by atoms with Crippen molar-refractivity contribution in [2.75, 3.05) is 52.9 Å². The number of hydrogen-bond donors (Lipinski definition) is 26. The molecule has 95 heavy (non-hydrogen) atoms. The Bertz CT molecular complexity index is 2380. The minimum atomic E-state index is -2.48. The first-order chi connectivity index (χ1) is 44.9. The summed E-state index contributed by atoms with van der Waals surface area (Å²) in [4.78, 5) is 24.8. The Morgan fingerprint density at radius 2 is 0.568 bits per heavy atom. The van der Waals surface area contributed by atoms with Crippen molar-refractivity contribution in [1.29, 1.82) is 0 Å². The summed E-state index contributed by atoms with van der Waals surface area (Å²) in [7, 11) is 0. The lowest BCUT2D eigenvalue weighted by atomic mass is 9.94. The molecule has 0 aromatic heterocycles. The molecule has 0 aliphatic carbocycles. The van der Waals surface area contributed by atoms with E-state index in [1.165, 1.54) is 0 Å². The van der Waals surface area contributed by atoms with E-state index < -0.39 is 310 Å². The number of aliphatic hydroxyl groups is 24. The van der Waals surface area contributed by atoms with Crippen LogP contribution in [0.15, 0.2) is 0 Å². The molecule has 0 bridgehead atoms. The Kier molecular flexibility index (Phi) is 27.9. The molecule has 40 atom stereocenters. The van der Waals surface area contributed by atoms with Crippen LogP contribution in [0.25, 0.3) is 0 Å². The first-order valence-electron chi connectivity index (χ1n) is 30.1. The second kappa shape index (κ2) is 33.9. The van der Waals surface area contributed by atoms with Gasteiger partial charge in [-0.3, -0.25) is 9.59 Å². The third-order valence-corrected chi connectivity index (χ3v) is 17.4. The van der Waals surface area contributed by atoms with Crippen molar-refractivity contribution in [2.24, 2.45) is 0 Å². The number of carbonyl (C=O) groups excluding carboxylic acids is 2. The maximum atomic E-state index is 12.8. The van der Waals surface area contributed by atoms with Gasteiger partial charge >= 0.3 is 0 Å². The highest BCUT2D eigenvalue weighted by Gasteiger charge is 2.60. The van der Waals surface area contributed by atoms with Crippen LogP contribution >= 0.6 is 0 Å². The summed E-state index contributed by atoms with van der Waals surface area (Å²) in [5, 5.41) is 266. The van der Waals surface area contributed by atoms with Gasteiger partial charge in [0, 0.05) is 13.8 Å². The van der Waals surface area contributed by atoms with E-state index in [2.05, 4.69) is 10.6 Å². The first-order valence-corrected chi connectivity index (χ1v) is 30.1. The minimum Gasteiger partial charge on any atom is -0.394 e. The van der Waals surface area contributed by atoms with Gasteiger partial charge in [-0.05, 0) is 0 Å². The van der Waals surface area contributed by atoms with Crippen molar-refractivity contribution in [1.82, 2.24) is 10.6 Å². The average Bonchev–Trinajstić information content (AvgIpc) is 0.773. The van der Waals surface area contributed by atoms with Crippen molar-refractivity contribution in [3.63, 3.8) is 0 Å². The number of carbonyl (C=O) groups is 2. The zero-order valence-corrected chi connectivity index (χ0v) is 50.4. The van der Waals surface area contributed by atoms with E-state index in [4.69, 9.17) is 71.1 Å². The SMILES string of the molecule is CC(=O)N[C@H]1[C@H](O[C@H]2[C@H](O)[C@@H](NC(C)=O)C(O)O[C@@H]2CO)O[C@H](CO)[C@@H](O[C@@H]2O[C@H](CO[C@H]3O[C@H](CO)[C@@H](O)[C@H](O)[C@@H]3O)[C@@H](O)[C@H](O[C@H]3O[C@H](CO)[C@@H](O)[C@H](O)[C@@H]3O[C@H]3O[C@H](CO)[C@@H](O)[C@H](O)[C@@H]3O[C@H]3O[C@H](CO[C@H]4O[C@H](CO)[C@@H](O)[C@H](O)[C@@H]4O)[C@@H](O)[C@H](O)[C@@H]3O)[C@@H]2O)[C@@H]1O. The molecular formula is C52H88N2O41. The molecule has 43 nitrogen and oxygen atoms in total. The van der Waals surface area contributed by atoms with E-state index >= 15 is 0 Å². The van der Waals surface area contributed by atoms with Crippen LogP contribution in [0, 0.1) is 0 Å². The van der Waals surface area contributed by atoms with Crippen LogP contribution < -0.4 is 10.6 Å². The fourth-order valence-electron chi connectivity index (χ4n) is 12.0. The summed E-state index contributed by atoms with van der Waals surface area (Å²) in [6, 6.07) is -3.45. The summed E-state index contributed by atoms with van der Waals surface area (Å²) >= 11 is 0. The molecule has 8 aliphatic rings. The molecule has 0 saturated carbocycles. The van der Waals surface area contributed by atoms with Crippen LogP contribution in [0.1, 0.15) is 13.8 Å². The fourth-order valence-corrected chi connectivity index (χ4v) is 12.0. The minimum absolute atomic E-state index is 0.758. The van der Waals surface area contributed by atoms with Crippen LogP contribution in [-0.2, 0) is 80.6 Å². The first kappa shape index (κ1) is 78.1. The summed E-state index contributed by atoms with van der Waals surface area (Å²) in [5.74, 6) is -1.65. The molecule has 1 unspecified atom stereocenters. The number of ether oxygens (including phenoxy) is 15. The van der Waals surface area contributed by atoms with Gasteiger partial charge in [-0.1, -0.05) is 0 Å². The average molecular weight is 1400 g/mol. The van der Waals surface area contributed by atoms with Gasteiger partial charge in [-0.25, -0.2) is 0 Å².